The van der Waals surface area contributed by atoms with Crippen LogP contribution in [0.4, 0.5) is 15.2 Å². The maximum atomic E-state index is 13.5. The largest absolute Gasteiger partial charge is 0.399 e. The van der Waals surface area contributed by atoms with E-state index >= 15 is 0 Å². The van der Waals surface area contributed by atoms with Crippen LogP contribution < -0.4 is 10.5 Å². The molecule has 6 nitrogen and oxygen atoms in total. The molecule has 0 saturated carbocycles. The molecule has 2 rings (SSSR count). The van der Waals surface area contributed by atoms with Crippen LogP contribution in [-0.4, -0.2) is 18.6 Å². The lowest BCUT2D eigenvalue weighted by molar-refractivity contribution is 0.570. The van der Waals surface area contributed by atoms with Crippen LogP contribution in [0.3, 0.4) is 0 Å². The van der Waals surface area contributed by atoms with Crippen molar-refractivity contribution < 1.29 is 12.8 Å². The first-order valence-corrected chi connectivity index (χ1v) is 7.62. The zero-order valence-electron chi connectivity index (χ0n) is 9.92. The first-order chi connectivity index (χ1) is 8.92. The highest BCUT2D eigenvalue weighted by molar-refractivity contribution is 7.93. The van der Waals surface area contributed by atoms with Crippen LogP contribution in [0.5, 0.6) is 0 Å². The molecule has 1 aromatic carbocycles. The van der Waals surface area contributed by atoms with Gasteiger partial charge in [-0.1, -0.05) is 18.3 Å². The minimum atomic E-state index is -4.06. The highest BCUT2D eigenvalue weighted by Crippen LogP contribution is 2.23. The minimum absolute atomic E-state index is 0.0960. The molecule has 0 unspecified atom stereocenters. The van der Waals surface area contributed by atoms with Gasteiger partial charge in [0.1, 0.15) is 15.7 Å². The Kier molecular flexibility index (Phi) is 3.67. The number of halogens is 1. The van der Waals surface area contributed by atoms with Crippen molar-refractivity contribution in [3.63, 3.8) is 0 Å². The lowest BCUT2D eigenvalue weighted by Gasteiger charge is -2.06. The summed E-state index contributed by atoms with van der Waals surface area (Å²) in [5.74, 6) is -0.873. The SMILES string of the molecule is CCc1nnc(NS(=O)(=O)c2cc(N)ccc2F)s1. The number of rotatable bonds is 4. The lowest BCUT2D eigenvalue weighted by Crippen LogP contribution is -2.14. The van der Waals surface area contributed by atoms with Gasteiger partial charge in [-0.15, -0.1) is 10.2 Å². The second-order valence-electron chi connectivity index (χ2n) is 3.65. The third-order valence-electron chi connectivity index (χ3n) is 2.24. The van der Waals surface area contributed by atoms with E-state index in [0.717, 1.165) is 23.5 Å². The van der Waals surface area contributed by atoms with Crippen LogP contribution in [0.15, 0.2) is 23.1 Å². The van der Waals surface area contributed by atoms with Gasteiger partial charge in [-0.3, -0.25) is 4.72 Å². The van der Waals surface area contributed by atoms with Gasteiger partial charge in [0.15, 0.2) is 0 Å². The second-order valence-corrected chi connectivity index (χ2v) is 6.36. The molecular weight excluding hydrogens is 291 g/mol. The Hall–Kier alpha value is -1.74. The lowest BCUT2D eigenvalue weighted by atomic mass is 10.3. The topological polar surface area (TPSA) is 98.0 Å². The van der Waals surface area contributed by atoms with E-state index in [-0.39, 0.29) is 10.8 Å². The van der Waals surface area contributed by atoms with Gasteiger partial charge >= 0.3 is 0 Å². The van der Waals surface area contributed by atoms with Crippen LogP contribution in [0, 0.1) is 5.82 Å². The van der Waals surface area contributed by atoms with Gasteiger partial charge in [0.05, 0.1) is 0 Å². The quantitative estimate of drug-likeness (QED) is 0.836. The standard InChI is InChI=1S/C10H11FN4O2S2/c1-2-9-13-14-10(18-9)15-19(16,17)8-5-6(12)3-4-7(8)11/h3-5H,2,12H2,1H3,(H,14,15). The van der Waals surface area contributed by atoms with Crippen molar-refractivity contribution >= 4 is 32.2 Å². The fourth-order valence-electron chi connectivity index (χ4n) is 1.33. The minimum Gasteiger partial charge on any atom is -0.399 e. The molecular formula is C10H11FN4O2S2. The molecule has 0 aliphatic heterocycles. The summed E-state index contributed by atoms with van der Waals surface area (Å²) in [5.41, 5.74) is 5.62. The van der Waals surface area contributed by atoms with E-state index < -0.39 is 20.7 Å². The molecule has 3 N–H and O–H groups in total. The van der Waals surface area contributed by atoms with Crippen LogP contribution in [0.25, 0.3) is 0 Å². The third kappa shape index (κ3) is 2.99. The van der Waals surface area contributed by atoms with Gasteiger partial charge < -0.3 is 5.73 Å². The molecule has 1 heterocycles. The normalized spacial score (nSPS) is 11.5. The molecule has 1 aromatic heterocycles. The summed E-state index contributed by atoms with van der Waals surface area (Å²) >= 11 is 1.10. The number of nitrogens with one attached hydrogen (secondary N) is 1. The van der Waals surface area contributed by atoms with Gasteiger partial charge in [0.2, 0.25) is 5.13 Å². The molecule has 0 aliphatic carbocycles. The molecule has 0 aliphatic rings. The zero-order chi connectivity index (χ0) is 14.0. The molecule has 0 fully saturated rings. The monoisotopic (exact) mass is 302 g/mol. The number of nitrogen functional groups attached to an aromatic ring is 1. The van der Waals surface area contributed by atoms with E-state index in [1.807, 2.05) is 6.92 Å². The van der Waals surface area contributed by atoms with Gasteiger partial charge in [0.25, 0.3) is 10.0 Å². The van der Waals surface area contributed by atoms with Crippen molar-refractivity contribution in [1.29, 1.82) is 0 Å². The summed E-state index contributed by atoms with van der Waals surface area (Å²) in [5, 5.41) is 8.23. The number of sulfonamides is 1. The van der Waals surface area contributed by atoms with Crippen LogP contribution in [0.2, 0.25) is 0 Å². The smallest absolute Gasteiger partial charge is 0.266 e. The zero-order valence-corrected chi connectivity index (χ0v) is 11.6. The van der Waals surface area contributed by atoms with Gasteiger partial charge in [-0.25, -0.2) is 12.8 Å². The third-order valence-corrected chi connectivity index (χ3v) is 4.70. The van der Waals surface area contributed by atoms with Crippen molar-refractivity contribution in [3.8, 4) is 0 Å². The Morgan fingerprint density at radius 1 is 1.42 bits per heavy atom. The van der Waals surface area contributed by atoms with E-state index in [1.165, 1.54) is 6.07 Å². The molecule has 0 saturated heterocycles. The fourth-order valence-corrected chi connectivity index (χ4v) is 3.36. The molecule has 19 heavy (non-hydrogen) atoms. The molecule has 0 spiro atoms. The molecule has 2 aromatic rings. The number of nitrogens with zero attached hydrogens (tertiary/aromatic N) is 2. The number of anilines is 2. The van der Waals surface area contributed by atoms with E-state index in [4.69, 9.17) is 5.73 Å². The Bertz CT molecular complexity index is 699. The summed E-state index contributed by atoms with van der Waals surface area (Å²) < 4.78 is 39.7. The second kappa shape index (κ2) is 5.10. The molecule has 0 atom stereocenters. The highest BCUT2D eigenvalue weighted by atomic mass is 32.2. The molecule has 0 radical (unpaired) electrons. The maximum absolute atomic E-state index is 13.5. The summed E-state index contributed by atoms with van der Waals surface area (Å²) in [6, 6.07) is 3.34. The predicted octanol–water partition coefficient (Wildman–Crippen LogP) is 1.62. The number of aromatic nitrogens is 2. The number of nitrogens with two attached hydrogens (primary N) is 1. The molecule has 9 heteroatoms. The van der Waals surface area contributed by atoms with Crippen molar-refractivity contribution in [2.75, 3.05) is 10.5 Å². The summed E-state index contributed by atoms with van der Waals surface area (Å²) in [6.07, 6.45) is 0.645. The average Bonchev–Trinajstić information content (AvgIpc) is 2.79. The Balaban J connectivity index is 2.34. The summed E-state index contributed by atoms with van der Waals surface area (Å²) in [7, 11) is -4.06. The van der Waals surface area contributed by atoms with Gasteiger partial charge in [0, 0.05) is 5.69 Å². The van der Waals surface area contributed by atoms with Gasteiger partial charge in [-0.05, 0) is 24.6 Å². The number of benzene rings is 1. The Morgan fingerprint density at radius 3 is 2.79 bits per heavy atom. The molecule has 0 bridgehead atoms. The van der Waals surface area contributed by atoms with Gasteiger partial charge in [-0.2, -0.15) is 0 Å². The Labute approximate surface area is 113 Å². The first-order valence-electron chi connectivity index (χ1n) is 5.32. The highest BCUT2D eigenvalue weighted by Gasteiger charge is 2.21. The van der Waals surface area contributed by atoms with E-state index in [9.17, 15) is 12.8 Å². The summed E-state index contributed by atoms with van der Waals surface area (Å²) in [6.45, 7) is 1.87. The number of aryl methyl sites for hydroxylation is 1. The molecule has 102 valence electrons. The fraction of sp³-hybridized carbons (Fsp3) is 0.200. The number of hydrogen-bond donors (Lipinski definition) is 2. The maximum Gasteiger partial charge on any atom is 0.266 e. The van der Waals surface area contributed by atoms with Crippen molar-refractivity contribution in [2.24, 2.45) is 0 Å². The van der Waals surface area contributed by atoms with Crippen molar-refractivity contribution in [1.82, 2.24) is 10.2 Å². The number of hydrogen-bond acceptors (Lipinski definition) is 6. The van der Waals surface area contributed by atoms with Crippen LogP contribution >= 0.6 is 11.3 Å². The van der Waals surface area contributed by atoms with Crippen LogP contribution in [0.1, 0.15) is 11.9 Å². The van der Waals surface area contributed by atoms with Crippen molar-refractivity contribution in [2.45, 2.75) is 18.2 Å². The van der Waals surface area contributed by atoms with E-state index in [0.29, 0.717) is 11.4 Å². The average molecular weight is 302 g/mol. The summed E-state index contributed by atoms with van der Waals surface area (Å²) in [4.78, 5) is -0.513. The van der Waals surface area contributed by atoms with Crippen molar-refractivity contribution in [3.05, 3.63) is 29.0 Å². The Morgan fingerprint density at radius 2 is 2.16 bits per heavy atom. The first kappa shape index (κ1) is 13.7. The van der Waals surface area contributed by atoms with E-state index in [2.05, 4.69) is 14.9 Å². The molecule has 0 amide bonds. The van der Waals surface area contributed by atoms with Crippen LogP contribution in [-0.2, 0) is 16.4 Å². The van der Waals surface area contributed by atoms with E-state index in [1.54, 1.807) is 0 Å². The predicted molar refractivity (Wildman–Crippen MR) is 70.9 cm³/mol.